The monoisotopic (exact) mass is 252 g/mol. The number of benzene rings is 1. The van der Waals surface area contributed by atoms with Crippen LogP contribution in [0, 0.1) is 12.7 Å². The van der Waals surface area contributed by atoms with Crippen LogP contribution in [0.3, 0.4) is 0 Å². The molecule has 0 saturated carbocycles. The van der Waals surface area contributed by atoms with Crippen molar-refractivity contribution in [2.24, 2.45) is 0 Å². The van der Waals surface area contributed by atoms with Crippen molar-refractivity contribution in [1.82, 2.24) is 10.6 Å². The molecular formula is C15H25FN2. The van der Waals surface area contributed by atoms with Crippen LogP contribution >= 0.6 is 0 Å². The van der Waals surface area contributed by atoms with Crippen LogP contribution in [0.5, 0.6) is 0 Å². The predicted molar refractivity (Wildman–Crippen MR) is 75.2 cm³/mol. The summed E-state index contributed by atoms with van der Waals surface area (Å²) in [5.74, 6) is -0.138. The van der Waals surface area contributed by atoms with E-state index in [2.05, 4.69) is 38.3 Å². The first-order chi connectivity index (χ1) is 8.28. The van der Waals surface area contributed by atoms with Crippen LogP contribution in [0.2, 0.25) is 0 Å². The van der Waals surface area contributed by atoms with Gasteiger partial charge < -0.3 is 10.6 Å². The molecule has 2 nitrogen and oxygen atoms in total. The molecule has 0 aromatic heterocycles. The van der Waals surface area contributed by atoms with Gasteiger partial charge in [-0.25, -0.2) is 4.39 Å². The van der Waals surface area contributed by atoms with Crippen molar-refractivity contribution in [2.45, 2.75) is 52.7 Å². The molecule has 0 aliphatic heterocycles. The summed E-state index contributed by atoms with van der Waals surface area (Å²) in [4.78, 5) is 0. The lowest BCUT2D eigenvalue weighted by Crippen LogP contribution is -2.44. The zero-order valence-corrected chi connectivity index (χ0v) is 12.1. The van der Waals surface area contributed by atoms with Crippen molar-refractivity contribution in [3.63, 3.8) is 0 Å². The van der Waals surface area contributed by atoms with Gasteiger partial charge in [-0.2, -0.15) is 0 Å². The van der Waals surface area contributed by atoms with E-state index in [-0.39, 0.29) is 11.4 Å². The van der Waals surface area contributed by atoms with Gasteiger partial charge in [0.25, 0.3) is 0 Å². The molecule has 0 saturated heterocycles. The van der Waals surface area contributed by atoms with Gasteiger partial charge in [-0.1, -0.05) is 12.1 Å². The van der Waals surface area contributed by atoms with Gasteiger partial charge in [0.1, 0.15) is 5.82 Å². The minimum absolute atomic E-state index is 0.138. The lowest BCUT2D eigenvalue weighted by atomic mass is 10.1. The molecule has 1 aromatic rings. The predicted octanol–water partition coefficient (Wildman–Crippen LogP) is 3.00. The molecule has 0 radical (unpaired) electrons. The van der Waals surface area contributed by atoms with Crippen LogP contribution in [0.1, 0.15) is 38.8 Å². The quantitative estimate of drug-likeness (QED) is 0.842. The highest BCUT2D eigenvalue weighted by molar-refractivity contribution is 5.23. The van der Waals surface area contributed by atoms with Crippen molar-refractivity contribution < 1.29 is 4.39 Å². The maximum Gasteiger partial charge on any atom is 0.126 e. The van der Waals surface area contributed by atoms with Crippen LogP contribution in [0.25, 0.3) is 0 Å². The fourth-order valence-corrected chi connectivity index (χ4v) is 1.64. The Morgan fingerprint density at radius 1 is 1.28 bits per heavy atom. The van der Waals surface area contributed by atoms with E-state index in [1.54, 1.807) is 6.92 Å². The zero-order chi connectivity index (χ0) is 13.8. The molecule has 0 fully saturated rings. The fraction of sp³-hybridized carbons (Fsp3) is 0.600. The van der Waals surface area contributed by atoms with Crippen molar-refractivity contribution in [3.8, 4) is 0 Å². The number of aryl methyl sites for hydroxylation is 1. The van der Waals surface area contributed by atoms with Crippen LogP contribution in [-0.2, 0) is 6.54 Å². The van der Waals surface area contributed by atoms with E-state index in [4.69, 9.17) is 0 Å². The Labute approximate surface area is 110 Å². The summed E-state index contributed by atoms with van der Waals surface area (Å²) in [5, 5.41) is 6.89. The minimum atomic E-state index is -0.138. The van der Waals surface area contributed by atoms with Crippen molar-refractivity contribution in [1.29, 1.82) is 0 Å². The molecule has 0 heterocycles. The van der Waals surface area contributed by atoms with Gasteiger partial charge >= 0.3 is 0 Å². The number of nitrogens with one attached hydrogen (secondary N) is 2. The molecule has 102 valence electrons. The van der Waals surface area contributed by atoms with Crippen LogP contribution in [0.4, 0.5) is 4.39 Å². The van der Waals surface area contributed by atoms with Gasteiger partial charge in [0.2, 0.25) is 0 Å². The van der Waals surface area contributed by atoms with E-state index in [1.807, 2.05) is 12.1 Å². The maximum atomic E-state index is 13.1. The second-order valence-corrected chi connectivity index (χ2v) is 6.00. The molecule has 0 aliphatic rings. The third kappa shape index (κ3) is 5.61. The topological polar surface area (TPSA) is 24.1 Å². The van der Waals surface area contributed by atoms with E-state index in [0.29, 0.717) is 11.6 Å². The first kappa shape index (κ1) is 15.1. The number of hydrogen-bond donors (Lipinski definition) is 2. The Kier molecular flexibility index (Phi) is 5.29. The Balaban J connectivity index is 2.38. The summed E-state index contributed by atoms with van der Waals surface area (Å²) in [6, 6.07) is 5.64. The molecule has 0 bridgehead atoms. The van der Waals surface area contributed by atoms with Crippen LogP contribution in [-0.4, -0.2) is 18.1 Å². The standard InChI is InChI=1S/C15H25FN2/c1-11-8-13(6-7-14(11)16)10-17-12(2)9-18-15(3,4)5/h6-8,12,17-18H,9-10H2,1-5H3. The van der Waals surface area contributed by atoms with Crippen molar-refractivity contribution in [2.75, 3.05) is 6.54 Å². The first-order valence-corrected chi connectivity index (χ1v) is 6.51. The molecule has 18 heavy (non-hydrogen) atoms. The number of hydrogen-bond acceptors (Lipinski definition) is 2. The molecule has 1 atom stereocenters. The zero-order valence-electron chi connectivity index (χ0n) is 12.1. The number of rotatable bonds is 5. The van der Waals surface area contributed by atoms with Crippen molar-refractivity contribution in [3.05, 3.63) is 35.1 Å². The molecule has 1 unspecified atom stereocenters. The minimum Gasteiger partial charge on any atom is -0.311 e. The summed E-state index contributed by atoms with van der Waals surface area (Å²) in [6.07, 6.45) is 0. The van der Waals surface area contributed by atoms with Crippen LogP contribution in [0.15, 0.2) is 18.2 Å². The summed E-state index contributed by atoms with van der Waals surface area (Å²) < 4.78 is 13.1. The second-order valence-electron chi connectivity index (χ2n) is 6.00. The average molecular weight is 252 g/mol. The molecular weight excluding hydrogens is 227 g/mol. The van der Waals surface area contributed by atoms with E-state index in [1.165, 1.54) is 6.07 Å². The largest absolute Gasteiger partial charge is 0.311 e. The Morgan fingerprint density at radius 2 is 1.94 bits per heavy atom. The SMILES string of the molecule is Cc1cc(CNC(C)CNC(C)(C)C)ccc1F. The highest BCUT2D eigenvalue weighted by Crippen LogP contribution is 2.09. The smallest absolute Gasteiger partial charge is 0.126 e. The van der Waals surface area contributed by atoms with E-state index < -0.39 is 0 Å². The van der Waals surface area contributed by atoms with Gasteiger partial charge in [-0.3, -0.25) is 0 Å². The second kappa shape index (κ2) is 6.30. The van der Waals surface area contributed by atoms with Gasteiger partial charge in [0.05, 0.1) is 0 Å². The molecule has 0 aliphatic carbocycles. The highest BCUT2D eigenvalue weighted by atomic mass is 19.1. The lowest BCUT2D eigenvalue weighted by molar-refractivity contribution is 0.387. The molecule has 1 rings (SSSR count). The van der Waals surface area contributed by atoms with E-state index in [9.17, 15) is 4.39 Å². The summed E-state index contributed by atoms with van der Waals surface area (Å²) in [6.45, 7) is 12.1. The summed E-state index contributed by atoms with van der Waals surface area (Å²) in [7, 11) is 0. The lowest BCUT2D eigenvalue weighted by Gasteiger charge is -2.24. The molecule has 1 aromatic carbocycles. The van der Waals surface area contributed by atoms with E-state index >= 15 is 0 Å². The first-order valence-electron chi connectivity index (χ1n) is 6.51. The fourth-order valence-electron chi connectivity index (χ4n) is 1.64. The van der Waals surface area contributed by atoms with Crippen molar-refractivity contribution >= 4 is 0 Å². The third-order valence-electron chi connectivity index (χ3n) is 2.82. The molecule has 3 heteroatoms. The Hall–Kier alpha value is -0.930. The maximum absolute atomic E-state index is 13.1. The van der Waals surface area contributed by atoms with Crippen LogP contribution < -0.4 is 10.6 Å². The summed E-state index contributed by atoms with van der Waals surface area (Å²) in [5.41, 5.74) is 1.97. The summed E-state index contributed by atoms with van der Waals surface area (Å²) >= 11 is 0. The normalized spacial score (nSPS) is 13.7. The Bertz CT molecular complexity index is 383. The average Bonchev–Trinajstić information content (AvgIpc) is 2.27. The molecule has 0 amide bonds. The molecule has 2 N–H and O–H groups in total. The Morgan fingerprint density at radius 3 is 2.50 bits per heavy atom. The van der Waals surface area contributed by atoms with Gasteiger partial charge in [0, 0.05) is 24.7 Å². The van der Waals surface area contributed by atoms with E-state index in [0.717, 1.165) is 18.7 Å². The van der Waals surface area contributed by atoms with Gasteiger partial charge in [-0.15, -0.1) is 0 Å². The third-order valence-corrected chi connectivity index (χ3v) is 2.82. The highest BCUT2D eigenvalue weighted by Gasteiger charge is 2.10. The van der Waals surface area contributed by atoms with Gasteiger partial charge in [0.15, 0.2) is 0 Å². The van der Waals surface area contributed by atoms with Gasteiger partial charge in [-0.05, 0) is 51.8 Å². The molecule has 0 spiro atoms. The number of halogens is 1.